The first-order valence-corrected chi connectivity index (χ1v) is 11.2. The zero-order chi connectivity index (χ0) is 23.7. The van der Waals surface area contributed by atoms with Gasteiger partial charge in [0.05, 0.1) is 39.4 Å². The van der Waals surface area contributed by atoms with Crippen LogP contribution >= 0.6 is 11.3 Å². The van der Waals surface area contributed by atoms with Crippen molar-refractivity contribution >= 4 is 39.9 Å². The molecule has 0 unspecified atom stereocenters. The number of rotatable bonds is 6. The van der Waals surface area contributed by atoms with Gasteiger partial charge in [-0.1, -0.05) is 5.16 Å². The minimum absolute atomic E-state index is 0.203. The summed E-state index contributed by atoms with van der Waals surface area (Å²) in [6.07, 6.45) is 3.03. The summed E-state index contributed by atoms with van der Waals surface area (Å²) in [5, 5.41) is 14.0. The Morgan fingerprint density at radius 2 is 1.94 bits per heavy atom. The molecule has 0 bridgehead atoms. The highest BCUT2D eigenvalue weighted by molar-refractivity contribution is 7.15. The first-order valence-electron chi connectivity index (χ1n) is 10.3. The maximum atomic E-state index is 13.0. The topological polar surface area (TPSA) is 128 Å². The van der Waals surface area contributed by atoms with Crippen molar-refractivity contribution in [2.45, 2.75) is 13.8 Å². The third-order valence-corrected chi connectivity index (χ3v) is 6.12. The number of thiophene rings is 1. The van der Waals surface area contributed by atoms with Crippen LogP contribution in [0.4, 0.5) is 5.69 Å². The van der Waals surface area contributed by atoms with E-state index in [1.165, 1.54) is 6.33 Å². The van der Waals surface area contributed by atoms with E-state index in [2.05, 4.69) is 30.9 Å². The van der Waals surface area contributed by atoms with Crippen LogP contribution in [0.1, 0.15) is 20.9 Å². The normalized spacial score (nSPS) is 11.0. The van der Waals surface area contributed by atoms with Crippen LogP contribution in [0.2, 0.25) is 0 Å². The van der Waals surface area contributed by atoms with Gasteiger partial charge in [0, 0.05) is 10.6 Å². The molecule has 0 atom stereocenters. The smallest absolute Gasteiger partial charge is 0.259 e. The number of carbonyl (C=O) groups is 2. The first-order chi connectivity index (χ1) is 16.5. The molecule has 0 aliphatic heterocycles. The second-order valence-corrected chi connectivity index (χ2v) is 8.82. The summed E-state index contributed by atoms with van der Waals surface area (Å²) >= 11 is 1.57. The molecule has 170 valence electrons. The summed E-state index contributed by atoms with van der Waals surface area (Å²) < 4.78 is 6.93. The van der Waals surface area contributed by atoms with E-state index >= 15 is 0 Å². The number of anilines is 1. The number of amides is 2. The predicted octanol–water partition coefficient (Wildman–Crippen LogP) is 3.52. The number of aromatic nitrogens is 5. The van der Waals surface area contributed by atoms with Gasteiger partial charge in [0.25, 0.3) is 11.6 Å². The summed E-state index contributed by atoms with van der Waals surface area (Å²) in [4.78, 5) is 35.9. The molecule has 0 saturated carbocycles. The monoisotopic (exact) mass is 473 g/mol. The van der Waals surface area contributed by atoms with E-state index in [0.717, 1.165) is 15.4 Å². The predicted molar refractivity (Wildman–Crippen MR) is 127 cm³/mol. The van der Waals surface area contributed by atoms with Crippen LogP contribution in [0.15, 0.2) is 59.6 Å². The van der Waals surface area contributed by atoms with Gasteiger partial charge in [0.1, 0.15) is 12.7 Å². The lowest BCUT2D eigenvalue weighted by molar-refractivity contribution is -0.115. The molecule has 0 saturated heterocycles. The second kappa shape index (κ2) is 8.87. The fourth-order valence-corrected chi connectivity index (χ4v) is 4.30. The van der Waals surface area contributed by atoms with Crippen LogP contribution in [-0.2, 0) is 4.79 Å². The number of pyridine rings is 1. The SMILES string of the molecule is Cc1ccc(-c2cc(C(=O)NCC(=O)Nc3ccc(-n4cncn4)cc3)c3c(C)noc3n2)s1. The van der Waals surface area contributed by atoms with E-state index < -0.39 is 5.91 Å². The third-order valence-electron chi connectivity index (χ3n) is 5.10. The van der Waals surface area contributed by atoms with Crippen molar-refractivity contribution in [1.82, 2.24) is 30.2 Å². The third kappa shape index (κ3) is 4.28. The molecule has 2 amide bonds. The quantitative estimate of drug-likeness (QED) is 0.386. The molecule has 0 aliphatic carbocycles. The van der Waals surface area contributed by atoms with Gasteiger partial charge in [-0.3, -0.25) is 9.59 Å². The Kier molecular flexibility index (Phi) is 5.60. The lowest BCUT2D eigenvalue weighted by Gasteiger charge is -2.09. The Morgan fingerprint density at radius 1 is 1.12 bits per heavy atom. The molecular formula is C23H19N7O3S. The van der Waals surface area contributed by atoms with Crippen LogP contribution < -0.4 is 10.6 Å². The van der Waals surface area contributed by atoms with E-state index in [1.54, 1.807) is 59.6 Å². The largest absolute Gasteiger partial charge is 0.343 e. The Hall–Kier alpha value is -4.38. The van der Waals surface area contributed by atoms with Crippen molar-refractivity contribution in [2.24, 2.45) is 0 Å². The second-order valence-electron chi connectivity index (χ2n) is 7.53. The molecule has 4 aromatic heterocycles. The minimum atomic E-state index is -0.412. The molecule has 4 heterocycles. The summed E-state index contributed by atoms with van der Waals surface area (Å²) in [7, 11) is 0. The average molecular weight is 474 g/mol. The van der Waals surface area contributed by atoms with Crippen molar-refractivity contribution in [3.8, 4) is 16.3 Å². The molecule has 0 aliphatic rings. The van der Waals surface area contributed by atoms with Crippen molar-refractivity contribution in [3.05, 3.63) is 71.3 Å². The summed E-state index contributed by atoms with van der Waals surface area (Å²) in [6, 6.07) is 12.7. The zero-order valence-electron chi connectivity index (χ0n) is 18.3. The summed E-state index contributed by atoms with van der Waals surface area (Å²) in [6.45, 7) is 3.54. The number of nitrogens with zero attached hydrogens (tertiary/aromatic N) is 5. The van der Waals surface area contributed by atoms with Crippen LogP contribution in [0.5, 0.6) is 0 Å². The molecule has 1 aromatic carbocycles. The Labute approximate surface area is 197 Å². The van der Waals surface area contributed by atoms with Crippen molar-refractivity contribution in [1.29, 1.82) is 0 Å². The van der Waals surface area contributed by atoms with Gasteiger partial charge in [-0.05, 0) is 56.3 Å². The molecule has 11 heteroatoms. The Morgan fingerprint density at radius 3 is 2.65 bits per heavy atom. The fourth-order valence-electron chi connectivity index (χ4n) is 3.47. The van der Waals surface area contributed by atoms with E-state index in [-0.39, 0.29) is 18.2 Å². The molecule has 10 nitrogen and oxygen atoms in total. The van der Waals surface area contributed by atoms with Gasteiger partial charge in [-0.2, -0.15) is 5.10 Å². The lowest BCUT2D eigenvalue weighted by atomic mass is 10.1. The van der Waals surface area contributed by atoms with Gasteiger partial charge < -0.3 is 15.2 Å². The standard InChI is InChI=1S/C23H19N7O3S/c1-13-3-8-19(34-13)18-9-17(21-14(2)29-33-23(21)28-18)22(32)25-10-20(31)27-15-4-6-16(7-5-15)30-12-24-11-26-30/h3-9,11-12H,10H2,1-2H3,(H,25,32)(H,27,31). The minimum Gasteiger partial charge on any atom is -0.343 e. The number of hydrogen-bond donors (Lipinski definition) is 2. The van der Waals surface area contributed by atoms with E-state index in [9.17, 15) is 9.59 Å². The van der Waals surface area contributed by atoms with Crippen molar-refractivity contribution in [2.75, 3.05) is 11.9 Å². The molecule has 0 radical (unpaired) electrons. The number of carbonyl (C=O) groups excluding carboxylic acids is 2. The molecular weight excluding hydrogens is 454 g/mol. The van der Waals surface area contributed by atoms with E-state index in [4.69, 9.17) is 4.52 Å². The number of fused-ring (bicyclic) bond motifs is 1. The first kappa shape index (κ1) is 21.5. The molecule has 5 aromatic rings. The molecule has 34 heavy (non-hydrogen) atoms. The molecule has 0 spiro atoms. The zero-order valence-corrected chi connectivity index (χ0v) is 19.1. The molecule has 5 rings (SSSR count). The van der Waals surface area contributed by atoms with Crippen LogP contribution in [0.3, 0.4) is 0 Å². The maximum absolute atomic E-state index is 13.0. The van der Waals surface area contributed by atoms with Gasteiger partial charge in [-0.15, -0.1) is 11.3 Å². The number of hydrogen-bond acceptors (Lipinski definition) is 8. The maximum Gasteiger partial charge on any atom is 0.259 e. The van der Waals surface area contributed by atoms with Crippen LogP contribution in [0.25, 0.3) is 27.4 Å². The van der Waals surface area contributed by atoms with Gasteiger partial charge in [-0.25, -0.2) is 14.6 Å². The highest BCUT2D eigenvalue weighted by atomic mass is 32.1. The summed E-state index contributed by atoms with van der Waals surface area (Å²) in [5.74, 6) is -0.770. The molecule has 2 N–H and O–H groups in total. The highest BCUT2D eigenvalue weighted by Crippen LogP contribution is 2.31. The van der Waals surface area contributed by atoms with E-state index in [0.29, 0.717) is 28.0 Å². The van der Waals surface area contributed by atoms with Crippen molar-refractivity contribution < 1.29 is 14.1 Å². The van der Waals surface area contributed by atoms with Crippen LogP contribution in [0, 0.1) is 13.8 Å². The Balaban J connectivity index is 1.30. The van der Waals surface area contributed by atoms with Crippen LogP contribution in [-0.4, -0.2) is 43.3 Å². The highest BCUT2D eigenvalue weighted by Gasteiger charge is 2.20. The fraction of sp³-hybridized carbons (Fsp3) is 0.130. The van der Waals surface area contributed by atoms with E-state index in [1.807, 2.05) is 19.1 Å². The van der Waals surface area contributed by atoms with Gasteiger partial charge >= 0.3 is 0 Å². The van der Waals surface area contributed by atoms with Crippen molar-refractivity contribution in [3.63, 3.8) is 0 Å². The van der Waals surface area contributed by atoms with Gasteiger partial charge in [0.2, 0.25) is 5.91 Å². The van der Waals surface area contributed by atoms with Gasteiger partial charge in [0.15, 0.2) is 0 Å². The Bertz CT molecular complexity index is 1490. The summed E-state index contributed by atoms with van der Waals surface area (Å²) in [5.41, 5.74) is 3.21. The number of aryl methyl sites for hydroxylation is 2. The average Bonchev–Trinajstić information content (AvgIpc) is 3.59. The number of benzene rings is 1. The molecule has 0 fully saturated rings. The number of nitrogens with one attached hydrogen (secondary N) is 2. The lowest BCUT2D eigenvalue weighted by Crippen LogP contribution is -2.33.